The second-order valence-electron chi connectivity index (χ2n) is 8.19. The van der Waals surface area contributed by atoms with Gasteiger partial charge in [0.25, 0.3) is 0 Å². The van der Waals surface area contributed by atoms with Gasteiger partial charge in [-0.05, 0) is 60.9 Å². The molecule has 37 heavy (non-hydrogen) atoms. The second-order valence-corrected chi connectivity index (χ2v) is 11.1. The van der Waals surface area contributed by atoms with Crippen molar-refractivity contribution in [2.75, 3.05) is 17.6 Å². The van der Waals surface area contributed by atoms with Crippen LogP contribution in [0.5, 0.6) is 0 Å². The van der Waals surface area contributed by atoms with Gasteiger partial charge in [0.1, 0.15) is 22.3 Å². The fourth-order valence-corrected chi connectivity index (χ4v) is 6.55. The normalized spacial score (nSPS) is 16.5. The molecule has 11 nitrogen and oxygen atoms in total. The summed E-state index contributed by atoms with van der Waals surface area (Å²) in [6.45, 7) is 0.264. The lowest BCUT2D eigenvalue weighted by Crippen LogP contribution is -2.47. The molecule has 4 N–H and O–H groups in total. The van der Waals surface area contributed by atoms with Gasteiger partial charge in [-0.25, -0.2) is 22.2 Å². The number of carbonyl (C=O) groups excluding carboxylic acids is 1. The molecule has 0 bridgehead atoms. The first-order chi connectivity index (χ1) is 17.8. The molecule has 5 rings (SSSR count). The van der Waals surface area contributed by atoms with Gasteiger partial charge >= 0.3 is 0 Å². The number of aromatic nitrogens is 5. The Morgan fingerprint density at radius 1 is 1.14 bits per heavy atom. The Balaban J connectivity index is 1.38. The standard InChI is InChI=1S/C22H20F2N8O3S2/c23-14-4-3-5-15(24)17(14)18(33)19-20(25)27-22(36-19)26-16-6-1-2-11-32(16)37(34,35)13-9-7-12(8-10-13)21-28-30-31-29-21/h3-5,7-10,16H,1-2,6,11,25H2,(H,26,27)(H,28,29,30,31). The number of hydrogen-bond donors (Lipinski definition) is 3. The maximum absolute atomic E-state index is 14.1. The summed E-state index contributed by atoms with van der Waals surface area (Å²) in [5.41, 5.74) is 5.77. The molecule has 1 aliphatic rings. The predicted octanol–water partition coefficient (Wildman–Crippen LogP) is 3.03. The summed E-state index contributed by atoms with van der Waals surface area (Å²) in [5.74, 6) is -2.83. The number of nitrogens with two attached hydrogens (primary N) is 1. The predicted molar refractivity (Wildman–Crippen MR) is 131 cm³/mol. The number of nitrogens with one attached hydrogen (secondary N) is 2. The third kappa shape index (κ3) is 4.80. The van der Waals surface area contributed by atoms with Gasteiger partial charge in [-0.15, -0.1) is 10.2 Å². The molecule has 1 atom stereocenters. The highest BCUT2D eigenvalue weighted by molar-refractivity contribution is 7.89. The highest BCUT2D eigenvalue weighted by atomic mass is 32.2. The largest absolute Gasteiger partial charge is 0.382 e. The first kappa shape index (κ1) is 24.9. The zero-order chi connectivity index (χ0) is 26.2. The van der Waals surface area contributed by atoms with E-state index in [-0.39, 0.29) is 27.3 Å². The highest BCUT2D eigenvalue weighted by Gasteiger charge is 2.34. The van der Waals surface area contributed by atoms with E-state index in [1.165, 1.54) is 16.4 Å². The van der Waals surface area contributed by atoms with Crippen LogP contribution in [0.15, 0.2) is 47.4 Å². The van der Waals surface area contributed by atoms with E-state index in [1.54, 1.807) is 12.1 Å². The van der Waals surface area contributed by atoms with E-state index < -0.39 is 39.2 Å². The van der Waals surface area contributed by atoms with Crippen LogP contribution in [0.3, 0.4) is 0 Å². The molecule has 1 saturated heterocycles. The van der Waals surface area contributed by atoms with Gasteiger partial charge in [0.05, 0.1) is 16.6 Å². The number of halogens is 2. The Bertz CT molecular complexity index is 1520. The van der Waals surface area contributed by atoms with Crippen LogP contribution in [0.25, 0.3) is 11.4 Å². The van der Waals surface area contributed by atoms with Crippen molar-refractivity contribution in [2.24, 2.45) is 0 Å². The lowest BCUT2D eigenvalue weighted by Gasteiger charge is -2.35. The summed E-state index contributed by atoms with van der Waals surface area (Å²) in [6.07, 6.45) is 1.22. The molecule has 192 valence electrons. The fraction of sp³-hybridized carbons (Fsp3) is 0.227. The number of anilines is 2. The summed E-state index contributed by atoms with van der Waals surface area (Å²) in [7, 11) is -3.90. The number of thiazole rings is 1. The minimum atomic E-state index is -3.90. The van der Waals surface area contributed by atoms with Crippen LogP contribution in [-0.2, 0) is 10.0 Å². The van der Waals surface area contributed by atoms with E-state index in [9.17, 15) is 22.0 Å². The number of H-pyrrole nitrogens is 1. The van der Waals surface area contributed by atoms with E-state index in [4.69, 9.17) is 5.73 Å². The van der Waals surface area contributed by atoms with Gasteiger partial charge in [-0.2, -0.15) is 9.52 Å². The lowest BCUT2D eigenvalue weighted by molar-refractivity contribution is 0.103. The molecule has 0 spiro atoms. The topological polar surface area (TPSA) is 160 Å². The average Bonchev–Trinajstić information content (AvgIpc) is 3.54. The number of nitrogens with zero attached hydrogens (tertiary/aromatic N) is 5. The van der Waals surface area contributed by atoms with E-state index in [0.717, 1.165) is 36.0 Å². The van der Waals surface area contributed by atoms with E-state index in [2.05, 4.69) is 30.9 Å². The Morgan fingerprint density at radius 3 is 2.54 bits per heavy atom. The number of tetrazole rings is 1. The molecule has 2 aromatic carbocycles. The summed E-state index contributed by atoms with van der Waals surface area (Å²) < 4.78 is 56.6. The molecular formula is C22H20F2N8O3S2. The molecule has 0 aliphatic carbocycles. The zero-order valence-corrected chi connectivity index (χ0v) is 20.7. The third-order valence-electron chi connectivity index (χ3n) is 5.86. The third-order valence-corrected chi connectivity index (χ3v) is 8.78. The second kappa shape index (κ2) is 9.91. The molecule has 1 fully saturated rings. The summed E-state index contributed by atoms with van der Waals surface area (Å²) in [6, 6.07) is 9.22. The van der Waals surface area contributed by atoms with Gasteiger partial charge in [-0.1, -0.05) is 17.4 Å². The van der Waals surface area contributed by atoms with E-state index in [1.807, 2.05) is 0 Å². The maximum Gasteiger partial charge on any atom is 0.244 e. The van der Waals surface area contributed by atoms with Crippen LogP contribution < -0.4 is 11.1 Å². The van der Waals surface area contributed by atoms with Crippen molar-refractivity contribution in [1.29, 1.82) is 0 Å². The number of benzene rings is 2. The van der Waals surface area contributed by atoms with Crippen LogP contribution in [0.1, 0.15) is 34.5 Å². The van der Waals surface area contributed by atoms with Gasteiger partial charge in [0.15, 0.2) is 5.13 Å². The maximum atomic E-state index is 14.1. The van der Waals surface area contributed by atoms with Crippen LogP contribution in [0.4, 0.5) is 19.7 Å². The Hall–Kier alpha value is -3.82. The number of carbonyl (C=O) groups is 1. The minimum Gasteiger partial charge on any atom is -0.382 e. The van der Waals surface area contributed by atoms with Crippen molar-refractivity contribution in [1.82, 2.24) is 29.9 Å². The molecule has 15 heteroatoms. The van der Waals surface area contributed by atoms with E-state index in [0.29, 0.717) is 24.2 Å². The quantitative estimate of drug-likeness (QED) is 0.296. The number of ketones is 1. The minimum absolute atomic E-state index is 0.0815. The first-order valence-electron chi connectivity index (χ1n) is 11.1. The molecule has 0 amide bonds. The number of hydrogen-bond acceptors (Lipinski definition) is 10. The molecule has 0 saturated carbocycles. The fourth-order valence-electron chi connectivity index (χ4n) is 4.06. The number of aromatic amines is 1. The molecule has 1 unspecified atom stereocenters. The van der Waals surface area contributed by atoms with Crippen molar-refractivity contribution in [3.8, 4) is 11.4 Å². The number of nitrogen functional groups attached to an aromatic ring is 1. The summed E-state index contributed by atoms with van der Waals surface area (Å²) >= 11 is 0.808. The highest BCUT2D eigenvalue weighted by Crippen LogP contribution is 2.32. The number of rotatable bonds is 7. The first-order valence-corrected chi connectivity index (χ1v) is 13.4. The Kier molecular flexibility index (Phi) is 6.66. The monoisotopic (exact) mass is 546 g/mol. The van der Waals surface area contributed by atoms with Crippen molar-refractivity contribution in [2.45, 2.75) is 30.3 Å². The van der Waals surface area contributed by atoms with Crippen LogP contribution in [0, 0.1) is 11.6 Å². The van der Waals surface area contributed by atoms with Gasteiger partial charge in [-0.3, -0.25) is 4.79 Å². The number of piperidine rings is 1. The molecule has 2 aromatic heterocycles. The van der Waals surface area contributed by atoms with Crippen molar-refractivity contribution in [3.05, 3.63) is 64.5 Å². The van der Waals surface area contributed by atoms with Crippen LogP contribution in [-0.4, -0.2) is 56.8 Å². The van der Waals surface area contributed by atoms with Crippen molar-refractivity contribution >= 4 is 38.1 Å². The molecule has 4 aromatic rings. The van der Waals surface area contributed by atoms with Gasteiger partial charge in [0.2, 0.25) is 21.6 Å². The van der Waals surface area contributed by atoms with Gasteiger partial charge in [0, 0.05) is 12.1 Å². The molecular weight excluding hydrogens is 526 g/mol. The molecule has 3 heterocycles. The molecule has 0 radical (unpaired) electrons. The summed E-state index contributed by atoms with van der Waals surface area (Å²) in [5, 5.41) is 16.8. The van der Waals surface area contributed by atoms with Crippen molar-refractivity contribution < 1.29 is 22.0 Å². The number of sulfonamides is 1. The van der Waals surface area contributed by atoms with Crippen LogP contribution in [0.2, 0.25) is 0 Å². The Labute approximate surface area is 213 Å². The average molecular weight is 547 g/mol. The van der Waals surface area contributed by atoms with Crippen LogP contribution >= 0.6 is 11.3 Å². The summed E-state index contributed by atoms with van der Waals surface area (Å²) in [4.78, 5) is 16.8. The SMILES string of the molecule is Nc1nc(NC2CCCCN2S(=O)(=O)c2ccc(-c3nn[nH]n3)cc2)sc1C(=O)c1c(F)cccc1F. The van der Waals surface area contributed by atoms with Crippen molar-refractivity contribution in [3.63, 3.8) is 0 Å². The molecule has 1 aliphatic heterocycles. The van der Waals surface area contributed by atoms with Gasteiger partial charge < -0.3 is 11.1 Å². The lowest BCUT2D eigenvalue weighted by atomic mass is 10.1. The zero-order valence-electron chi connectivity index (χ0n) is 19.1. The van der Waals surface area contributed by atoms with E-state index >= 15 is 0 Å². The smallest absolute Gasteiger partial charge is 0.244 e. The Morgan fingerprint density at radius 2 is 1.86 bits per heavy atom.